The first kappa shape index (κ1) is 13.7. The Morgan fingerprint density at radius 2 is 2.00 bits per heavy atom. The zero-order valence-corrected chi connectivity index (χ0v) is 9.88. The van der Waals surface area contributed by atoms with E-state index in [9.17, 15) is 4.39 Å². The quantitative estimate of drug-likeness (QED) is 0.600. The number of aliphatic hydroxyl groups is 1. The fourth-order valence-corrected chi connectivity index (χ4v) is 1.37. The average Bonchev–Trinajstić information content (AvgIpc) is 2.32. The highest BCUT2D eigenvalue weighted by atomic mass is 19.1. The molecule has 0 aliphatic carbocycles. The number of hydrogen-bond donors (Lipinski definition) is 3. The van der Waals surface area contributed by atoms with Gasteiger partial charge in [0.25, 0.3) is 0 Å². The van der Waals surface area contributed by atoms with E-state index in [0.29, 0.717) is 13.1 Å². The largest absolute Gasteiger partial charge is 0.396 e. The minimum Gasteiger partial charge on any atom is -0.396 e. The molecule has 0 saturated carbocycles. The maximum absolute atomic E-state index is 12.6. The molecule has 4 heteroatoms. The van der Waals surface area contributed by atoms with Crippen molar-refractivity contribution in [3.05, 3.63) is 47.9 Å². The molecule has 0 saturated heterocycles. The number of hydrogen-bond acceptors (Lipinski definition) is 3. The minimum atomic E-state index is -0.219. The molecule has 0 fully saturated rings. The maximum Gasteiger partial charge on any atom is 0.123 e. The molecular weight excluding hydrogens is 219 g/mol. The van der Waals surface area contributed by atoms with Gasteiger partial charge in [-0.05, 0) is 24.1 Å². The van der Waals surface area contributed by atoms with Crippen LogP contribution >= 0.6 is 0 Å². The van der Waals surface area contributed by atoms with Gasteiger partial charge in [-0.2, -0.15) is 0 Å². The second kappa shape index (κ2) is 7.81. The summed E-state index contributed by atoms with van der Waals surface area (Å²) in [5.74, 6) is -0.219. The van der Waals surface area contributed by atoms with Gasteiger partial charge < -0.3 is 15.7 Å². The van der Waals surface area contributed by atoms with Gasteiger partial charge in [0.05, 0.1) is 0 Å². The molecule has 0 bridgehead atoms. The van der Waals surface area contributed by atoms with Crippen LogP contribution in [0.4, 0.5) is 4.39 Å². The Hall–Kier alpha value is -1.39. The summed E-state index contributed by atoms with van der Waals surface area (Å²) in [6, 6.07) is 6.41. The van der Waals surface area contributed by atoms with Gasteiger partial charge in [0.1, 0.15) is 5.82 Å². The average molecular weight is 238 g/mol. The van der Waals surface area contributed by atoms with Crippen molar-refractivity contribution < 1.29 is 9.50 Å². The highest BCUT2D eigenvalue weighted by Crippen LogP contribution is 2.01. The Balaban J connectivity index is 2.14. The molecule has 3 nitrogen and oxygen atoms in total. The van der Waals surface area contributed by atoms with Gasteiger partial charge >= 0.3 is 0 Å². The van der Waals surface area contributed by atoms with Crippen LogP contribution in [0, 0.1) is 5.82 Å². The third kappa shape index (κ3) is 6.04. The summed E-state index contributed by atoms with van der Waals surface area (Å²) in [5.41, 5.74) is 1.93. The normalized spacial score (nSPS) is 10.2. The first-order chi connectivity index (χ1) is 8.22. The van der Waals surface area contributed by atoms with Crippen LogP contribution in [0.5, 0.6) is 0 Å². The van der Waals surface area contributed by atoms with Gasteiger partial charge in [0.2, 0.25) is 0 Å². The van der Waals surface area contributed by atoms with E-state index < -0.39 is 0 Å². The highest BCUT2D eigenvalue weighted by molar-refractivity contribution is 5.15. The molecule has 0 unspecified atom stereocenters. The second-order valence-corrected chi connectivity index (χ2v) is 3.84. The van der Waals surface area contributed by atoms with Gasteiger partial charge in [0.15, 0.2) is 0 Å². The lowest BCUT2D eigenvalue weighted by molar-refractivity contribution is 0.287. The summed E-state index contributed by atoms with van der Waals surface area (Å²) in [7, 11) is 0. The standard InChI is InChI=1S/C13H19FN2O/c1-11(16-7-2-8-17)9-15-10-12-3-5-13(14)6-4-12/h3-6,15-17H,1-2,7-10H2. The first-order valence-electron chi connectivity index (χ1n) is 5.70. The van der Waals surface area contributed by atoms with E-state index in [2.05, 4.69) is 17.2 Å². The van der Waals surface area contributed by atoms with Gasteiger partial charge in [-0.25, -0.2) is 4.39 Å². The lowest BCUT2D eigenvalue weighted by Crippen LogP contribution is -2.25. The smallest absolute Gasteiger partial charge is 0.123 e. The van der Waals surface area contributed by atoms with Gasteiger partial charge in [-0.15, -0.1) is 0 Å². The Morgan fingerprint density at radius 1 is 1.29 bits per heavy atom. The van der Waals surface area contributed by atoms with Crippen LogP contribution in [0.2, 0.25) is 0 Å². The van der Waals surface area contributed by atoms with E-state index in [1.54, 1.807) is 12.1 Å². The van der Waals surface area contributed by atoms with Gasteiger partial charge in [-0.3, -0.25) is 0 Å². The molecule has 1 aromatic rings. The second-order valence-electron chi connectivity index (χ2n) is 3.84. The summed E-state index contributed by atoms with van der Waals surface area (Å²) in [6.45, 7) is 6.11. The van der Waals surface area contributed by atoms with Crippen molar-refractivity contribution in [2.75, 3.05) is 19.7 Å². The molecule has 1 rings (SSSR count). The molecule has 17 heavy (non-hydrogen) atoms. The van der Waals surface area contributed by atoms with Crippen molar-refractivity contribution in [1.82, 2.24) is 10.6 Å². The summed E-state index contributed by atoms with van der Waals surface area (Å²) >= 11 is 0. The first-order valence-corrected chi connectivity index (χ1v) is 5.70. The number of nitrogens with one attached hydrogen (secondary N) is 2. The van der Waals surface area contributed by atoms with Crippen molar-refractivity contribution >= 4 is 0 Å². The molecule has 1 aromatic carbocycles. The molecule has 0 aromatic heterocycles. The summed E-state index contributed by atoms with van der Waals surface area (Å²) in [6.07, 6.45) is 0.719. The van der Waals surface area contributed by atoms with Gasteiger partial charge in [0, 0.05) is 31.9 Å². The zero-order chi connectivity index (χ0) is 12.5. The van der Waals surface area contributed by atoms with E-state index in [1.807, 2.05) is 0 Å². The van der Waals surface area contributed by atoms with Crippen LogP contribution in [-0.4, -0.2) is 24.8 Å². The molecule has 0 atom stereocenters. The van der Waals surface area contributed by atoms with Crippen LogP contribution in [0.3, 0.4) is 0 Å². The van der Waals surface area contributed by atoms with Crippen molar-refractivity contribution in [3.8, 4) is 0 Å². The molecule has 0 aliphatic rings. The molecule has 0 aliphatic heterocycles. The topological polar surface area (TPSA) is 44.3 Å². The Kier molecular flexibility index (Phi) is 6.29. The summed E-state index contributed by atoms with van der Waals surface area (Å²) < 4.78 is 12.6. The van der Waals surface area contributed by atoms with Crippen molar-refractivity contribution in [3.63, 3.8) is 0 Å². The fraction of sp³-hybridized carbons (Fsp3) is 0.385. The number of rotatable bonds is 8. The molecule has 94 valence electrons. The fourth-order valence-electron chi connectivity index (χ4n) is 1.37. The lowest BCUT2D eigenvalue weighted by Gasteiger charge is -2.10. The number of halogens is 1. The monoisotopic (exact) mass is 238 g/mol. The van der Waals surface area contributed by atoms with Crippen molar-refractivity contribution in [2.24, 2.45) is 0 Å². The maximum atomic E-state index is 12.6. The van der Waals surface area contributed by atoms with E-state index >= 15 is 0 Å². The molecule has 3 N–H and O–H groups in total. The zero-order valence-electron chi connectivity index (χ0n) is 9.88. The number of benzene rings is 1. The van der Waals surface area contributed by atoms with E-state index in [1.165, 1.54) is 12.1 Å². The third-order valence-electron chi connectivity index (χ3n) is 2.29. The molecule has 0 heterocycles. The summed E-state index contributed by atoms with van der Waals surface area (Å²) in [5, 5.41) is 14.9. The van der Waals surface area contributed by atoms with E-state index in [4.69, 9.17) is 5.11 Å². The minimum absolute atomic E-state index is 0.184. The molecule has 0 spiro atoms. The third-order valence-corrected chi connectivity index (χ3v) is 2.29. The Morgan fingerprint density at radius 3 is 2.65 bits per heavy atom. The van der Waals surface area contributed by atoms with Crippen LogP contribution in [-0.2, 0) is 6.54 Å². The van der Waals surface area contributed by atoms with Crippen LogP contribution in [0.1, 0.15) is 12.0 Å². The highest BCUT2D eigenvalue weighted by Gasteiger charge is 1.95. The van der Waals surface area contributed by atoms with Crippen molar-refractivity contribution in [1.29, 1.82) is 0 Å². The van der Waals surface area contributed by atoms with E-state index in [0.717, 1.165) is 24.2 Å². The van der Waals surface area contributed by atoms with Gasteiger partial charge in [-0.1, -0.05) is 18.7 Å². The SMILES string of the molecule is C=C(CNCc1ccc(F)cc1)NCCCO. The Labute approximate surface area is 101 Å². The predicted molar refractivity (Wildman–Crippen MR) is 67.0 cm³/mol. The summed E-state index contributed by atoms with van der Waals surface area (Å²) in [4.78, 5) is 0. The lowest BCUT2D eigenvalue weighted by atomic mass is 10.2. The van der Waals surface area contributed by atoms with Crippen LogP contribution < -0.4 is 10.6 Å². The van der Waals surface area contributed by atoms with Crippen LogP contribution in [0.25, 0.3) is 0 Å². The van der Waals surface area contributed by atoms with Crippen molar-refractivity contribution in [2.45, 2.75) is 13.0 Å². The Bertz CT molecular complexity index is 338. The predicted octanol–water partition coefficient (Wildman–Crippen LogP) is 1.40. The van der Waals surface area contributed by atoms with E-state index in [-0.39, 0.29) is 12.4 Å². The molecule has 0 amide bonds. The number of aliphatic hydroxyl groups excluding tert-OH is 1. The molecule has 0 radical (unpaired) electrons. The molecular formula is C13H19FN2O. The van der Waals surface area contributed by atoms with Crippen LogP contribution in [0.15, 0.2) is 36.5 Å².